The summed E-state index contributed by atoms with van der Waals surface area (Å²) in [7, 11) is 1.54. The average molecular weight is 301 g/mol. The third kappa shape index (κ3) is 2.61. The number of hydrogen-bond donors (Lipinski definition) is 2. The summed E-state index contributed by atoms with van der Waals surface area (Å²) in [5, 5.41) is 13.4. The maximum absolute atomic E-state index is 12.5. The number of nitrogens with one attached hydrogen (secondary N) is 2. The lowest BCUT2D eigenvalue weighted by molar-refractivity contribution is 0.0942. The molecule has 2 aromatic rings. The Bertz CT molecular complexity index is 696. The normalized spacial score (nSPS) is 17.7. The summed E-state index contributed by atoms with van der Waals surface area (Å²) in [6, 6.07) is 3.73. The molecule has 0 aliphatic carbocycles. The van der Waals surface area contributed by atoms with Crippen LogP contribution in [0, 0.1) is 0 Å². The standard InChI is InChI=1S/C15H19N5O2/c1-3-20-6-4-5-10(20)9-16-15(21)11-7-12-13(18-19-17-12)8-14(11)22-2/h3,7-8,10H,1,4-6,9H2,2H3,(H,16,21)(H,17,18,19). The van der Waals surface area contributed by atoms with Gasteiger partial charge in [-0.15, -0.1) is 5.10 Å². The van der Waals surface area contributed by atoms with Crippen LogP contribution in [0.15, 0.2) is 24.9 Å². The smallest absolute Gasteiger partial charge is 0.255 e. The first-order valence-electron chi connectivity index (χ1n) is 7.28. The van der Waals surface area contributed by atoms with E-state index in [0.717, 1.165) is 19.4 Å². The summed E-state index contributed by atoms with van der Waals surface area (Å²) in [4.78, 5) is 14.6. The zero-order valence-corrected chi connectivity index (χ0v) is 12.5. The summed E-state index contributed by atoms with van der Waals surface area (Å²) in [5.74, 6) is 0.329. The van der Waals surface area contributed by atoms with Gasteiger partial charge in [0.1, 0.15) is 11.3 Å². The third-order valence-electron chi connectivity index (χ3n) is 4.05. The van der Waals surface area contributed by atoms with Gasteiger partial charge in [0.2, 0.25) is 0 Å². The van der Waals surface area contributed by atoms with Gasteiger partial charge in [0.05, 0.1) is 18.2 Å². The second kappa shape index (κ2) is 6.05. The Morgan fingerprint density at radius 2 is 2.50 bits per heavy atom. The first kappa shape index (κ1) is 14.4. The van der Waals surface area contributed by atoms with Gasteiger partial charge in [-0.05, 0) is 25.1 Å². The summed E-state index contributed by atoms with van der Waals surface area (Å²) in [5.41, 5.74) is 1.85. The number of aromatic nitrogens is 3. The summed E-state index contributed by atoms with van der Waals surface area (Å²) in [6.45, 7) is 5.40. The van der Waals surface area contributed by atoms with Crippen LogP contribution in [-0.4, -0.2) is 52.5 Å². The molecule has 0 bridgehead atoms. The number of fused-ring (bicyclic) bond motifs is 1. The van der Waals surface area contributed by atoms with Crippen LogP contribution >= 0.6 is 0 Å². The zero-order chi connectivity index (χ0) is 15.5. The summed E-state index contributed by atoms with van der Waals surface area (Å²) >= 11 is 0. The molecule has 1 aromatic carbocycles. The molecule has 1 saturated heterocycles. The van der Waals surface area contributed by atoms with Crippen LogP contribution in [0.5, 0.6) is 5.75 Å². The third-order valence-corrected chi connectivity index (χ3v) is 4.05. The highest BCUT2D eigenvalue weighted by Gasteiger charge is 2.23. The Morgan fingerprint density at radius 1 is 1.64 bits per heavy atom. The monoisotopic (exact) mass is 301 g/mol. The number of rotatable bonds is 5. The van der Waals surface area contributed by atoms with Crippen molar-refractivity contribution in [1.82, 2.24) is 25.6 Å². The molecular weight excluding hydrogens is 282 g/mol. The van der Waals surface area contributed by atoms with Crippen molar-refractivity contribution in [3.63, 3.8) is 0 Å². The van der Waals surface area contributed by atoms with E-state index in [4.69, 9.17) is 4.74 Å². The van der Waals surface area contributed by atoms with Gasteiger partial charge < -0.3 is 15.0 Å². The van der Waals surface area contributed by atoms with E-state index in [1.165, 1.54) is 7.11 Å². The number of aromatic amines is 1. The molecule has 0 spiro atoms. The van der Waals surface area contributed by atoms with E-state index in [9.17, 15) is 4.79 Å². The van der Waals surface area contributed by atoms with E-state index < -0.39 is 0 Å². The van der Waals surface area contributed by atoms with Crippen molar-refractivity contribution in [3.8, 4) is 5.75 Å². The van der Waals surface area contributed by atoms with Crippen molar-refractivity contribution < 1.29 is 9.53 Å². The molecule has 1 aliphatic heterocycles. The van der Waals surface area contributed by atoms with Crippen molar-refractivity contribution in [2.75, 3.05) is 20.2 Å². The highest BCUT2D eigenvalue weighted by Crippen LogP contribution is 2.23. The van der Waals surface area contributed by atoms with Crippen LogP contribution in [0.2, 0.25) is 0 Å². The van der Waals surface area contributed by atoms with Crippen molar-refractivity contribution in [3.05, 3.63) is 30.5 Å². The molecule has 7 nitrogen and oxygen atoms in total. The van der Waals surface area contributed by atoms with Gasteiger partial charge in [-0.3, -0.25) is 9.89 Å². The minimum atomic E-state index is -0.163. The van der Waals surface area contributed by atoms with Gasteiger partial charge in [0.15, 0.2) is 0 Å². The molecule has 1 unspecified atom stereocenters. The number of H-pyrrole nitrogens is 1. The number of hydrogen-bond acceptors (Lipinski definition) is 5. The highest BCUT2D eigenvalue weighted by molar-refractivity contribution is 6.00. The molecule has 2 heterocycles. The Kier molecular flexibility index (Phi) is 3.95. The van der Waals surface area contributed by atoms with Gasteiger partial charge >= 0.3 is 0 Å². The molecular formula is C15H19N5O2. The summed E-state index contributed by atoms with van der Waals surface area (Å²) < 4.78 is 5.29. The Hall–Kier alpha value is -2.57. The number of likely N-dealkylation sites (tertiary alicyclic amines) is 1. The number of carbonyl (C=O) groups is 1. The molecule has 1 atom stereocenters. The minimum absolute atomic E-state index is 0.163. The van der Waals surface area contributed by atoms with Crippen LogP contribution in [0.4, 0.5) is 0 Å². The molecule has 0 radical (unpaired) electrons. The van der Waals surface area contributed by atoms with Crippen molar-refractivity contribution in [1.29, 1.82) is 0 Å². The van der Waals surface area contributed by atoms with E-state index in [2.05, 4.69) is 32.2 Å². The number of benzene rings is 1. The van der Waals surface area contributed by atoms with Crippen LogP contribution in [0.1, 0.15) is 23.2 Å². The second-order valence-corrected chi connectivity index (χ2v) is 5.31. The molecule has 3 rings (SSSR count). The topological polar surface area (TPSA) is 83.1 Å². The lowest BCUT2D eigenvalue weighted by Gasteiger charge is -2.22. The number of nitrogens with zero attached hydrogens (tertiary/aromatic N) is 3. The number of methoxy groups -OCH3 is 1. The van der Waals surface area contributed by atoms with Crippen LogP contribution in [0.25, 0.3) is 11.0 Å². The fraction of sp³-hybridized carbons (Fsp3) is 0.400. The first-order valence-corrected chi connectivity index (χ1v) is 7.28. The van der Waals surface area contributed by atoms with E-state index in [-0.39, 0.29) is 5.91 Å². The van der Waals surface area contributed by atoms with Crippen molar-refractivity contribution >= 4 is 16.9 Å². The van der Waals surface area contributed by atoms with Gasteiger partial charge in [-0.2, -0.15) is 0 Å². The van der Waals surface area contributed by atoms with Gasteiger partial charge in [-0.25, -0.2) is 0 Å². The first-order chi connectivity index (χ1) is 10.7. The molecule has 22 heavy (non-hydrogen) atoms. The predicted octanol–water partition coefficient (Wildman–Crippen LogP) is 1.30. The van der Waals surface area contributed by atoms with Crippen LogP contribution < -0.4 is 10.1 Å². The van der Waals surface area contributed by atoms with Gasteiger partial charge in [0.25, 0.3) is 5.91 Å². The van der Waals surface area contributed by atoms with E-state index in [0.29, 0.717) is 34.9 Å². The number of amides is 1. The quantitative estimate of drug-likeness (QED) is 0.870. The van der Waals surface area contributed by atoms with E-state index in [1.807, 2.05) is 6.20 Å². The molecule has 1 aromatic heterocycles. The fourth-order valence-corrected chi connectivity index (χ4v) is 2.84. The van der Waals surface area contributed by atoms with Crippen molar-refractivity contribution in [2.24, 2.45) is 0 Å². The molecule has 2 N–H and O–H groups in total. The maximum atomic E-state index is 12.5. The van der Waals surface area contributed by atoms with Gasteiger partial charge in [-0.1, -0.05) is 11.8 Å². The minimum Gasteiger partial charge on any atom is -0.496 e. The number of carbonyl (C=O) groups excluding carboxylic acids is 1. The second-order valence-electron chi connectivity index (χ2n) is 5.31. The average Bonchev–Trinajstić information content (AvgIpc) is 3.18. The zero-order valence-electron chi connectivity index (χ0n) is 12.5. The Balaban J connectivity index is 1.75. The van der Waals surface area contributed by atoms with Crippen molar-refractivity contribution in [2.45, 2.75) is 18.9 Å². The molecule has 1 fully saturated rings. The Morgan fingerprint density at radius 3 is 3.27 bits per heavy atom. The van der Waals surface area contributed by atoms with Gasteiger partial charge in [0, 0.05) is 25.2 Å². The maximum Gasteiger partial charge on any atom is 0.255 e. The predicted molar refractivity (Wildman–Crippen MR) is 82.7 cm³/mol. The number of ether oxygens (including phenoxy) is 1. The SMILES string of the molecule is C=CN1CCCC1CNC(=O)c1cc2[nH]nnc2cc1OC. The molecule has 0 saturated carbocycles. The van der Waals surface area contributed by atoms with E-state index >= 15 is 0 Å². The molecule has 116 valence electrons. The lowest BCUT2D eigenvalue weighted by Crippen LogP contribution is -2.37. The van der Waals surface area contributed by atoms with Crippen LogP contribution in [0.3, 0.4) is 0 Å². The largest absolute Gasteiger partial charge is 0.496 e. The molecule has 1 aliphatic rings. The van der Waals surface area contributed by atoms with E-state index in [1.54, 1.807) is 12.1 Å². The Labute approximate surface area is 128 Å². The lowest BCUT2D eigenvalue weighted by atomic mass is 10.1. The van der Waals surface area contributed by atoms with Crippen LogP contribution in [-0.2, 0) is 0 Å². The molecule has 7 heteroatoms. The summed E-state index contributed by atoms with van der Waals surface area (Å²) in [6.07, 6.45) is 4.03. The molecule has 1 amide bonds. The fourth-order valence-electron chi connectivity index (χ4n) is 2.84. The highest BCUT2D eigenvalue weighted by atomic mass is 16.5.